The molecule has 14 heavy (non-hydrogen) atoms. The molecule has 0 spiro atoms. The zero-order chi connectivity index (χ0) is 11.4. The fourth-order valence-corrected chi connectivity index (χ4v) is 0.602. The maximum absolute atomic E-state index is 4.89. The minimum absolute atomic E-state index is 0.644. The first kappa shape index (κ1) is 15.4. The van der Waals surface area contributed by atoms with Gasteiger partial charge in [-0.2, -0.15) is 0 Å². The van der Waals surface area contributed by atoms with Crippen LogP contribution in [0, 0.1) is 6.92 Å². The summed E-state index contributed by atoms with van der Waals surface area (Å²) in [6, 6.07) is 0. The van der Waals surface area contributed by atoms with Crippen LogP contribution in [0.15, 0.2) is 12.5 Å². The van der Waals surface area contributed by atoms with Gasteiger partial charge in [-0.05, 0) is 6.92 Å². The molecule has 0 amide bonds. The first-order valence-corrected chi connectivity index (χ1v) is 5.06. The van der Waals surface area contributed by atoms with Crippen molar-refractivity contribution in [3.8, 4) is 5.88 Å². The van der Waals surface area contributed by atoms with E-state index in [0.717, 1.165) is 5.56 Å². The van der Waals surface area contributed by atoms with Crippen LogP contribution in [0.1, 0.15) is 39.7 Å². The van der Waals surface area contributed by atoms with Crippen LogP contribution >= 0.6 is 0 Å². The van der Waals surface area contributed by atoms with Gasteiger partial charge in [0.2, 0.25) is 5.88 Å². The Morgan fingerprint density at radius 1 is 1.29 bits per heavy atom. The van der Waals surface area contributed by atoms with Crippen molar-refractivity contribution in [3.05, 3.63) is 18.1 Å². The number of rotatable bonds is 1. The molecule has 0 N–H and O–H groups in total. The highest BCUT2D eigenvalue weighted by molar-refractivity contribution is 5.19. The average molecular weight is 198 g/mol. The van der Waals surface area contributed by atoms with Gasteiger partial charge in [-0.1, -0.05) is 34.1 Å². The molecule has 0 aliphatic rings. The topological polar surface area (TPSA) is 35.0 Å². The molecule has 0 fully saturated rings. The number of methoxy groups -OCH3 is 1. The Morgan fingerprint density at radius 3 is 2.07 bits per heavy atom. The summed E-state index contributed by atoms with van der Waals surface area (Å²) in [5, 5.41) is 0. The zero-order valence-electron chi connectivity index (χ0n) is 10.2. The zero-order valence-corrected chi connectivity index (χ0v) is 10.2. The number of aromatic nitrogens is 2. The highest BCUT2D eigenvalue weighted by atomic mass is 16.5. The van der Waals surface area contributed by atoms with Gasteiger partial charge in [0, 0.05) is 11.8 Å². The van der Waals surface area contributed by atoms with Gasteiger partial charge in [-0.3, -0.25) is 0 Å². The smallest absolute Gasteiger partial charge is 0.219 e. The predicted octanol–water partition coefficient (Wildman–Crippen LogP) is 3.24. The minimum Gasteiger partial charge on any atom is -0.481 e. The molecule has 0 aromatic carbocycles. The van der Waals surface area contributed by atoms with E-state index >= 15 is 0 Å². The van der Waals surface area contributed by atoms with E-state index in [0.29, 0.717) is 5.88 Å². The Kier molecular flexibility index (Phi) is 13.0. The second-order valence-corrected chi connectivity index (χ2v) is 2.42. The first-order chi connectivity index (χ1) is 6.76. The Hall–Kier alpha value is -1.12. The molecule has 0 saturated heterocycles. The number of hydrogen-bond acceptors (Lipinski definition) is 3. The van der Waals surface area contributed by atoms with Crippen molar-refractivity contribution in [2.24, 2.45) is 0 Å². The Labute approximate surface area is 87.6 Å². The van der Waals surface area contributed by atoms with Gasteiger partial charge >= 0.3 is 0 Å². The van der Waals surface area contributed by atoms with Gasteiger partial charge in [-0.15, -0.1) is 0 Å². The van der Waals surface area contributed by atoms with Crippen molar-refractivity contribution >= 4 is 0 Å². The minimum atomic E-state index is 0.644. The van der Waals surface area contributed by atoms with E-state index in [2.05, 4.69) is 23.8 Å². The largest absolute Gasteiger partial charge is 0.481 e. The van der Waals surface area contributed by atoms with E-state index in [1.807, 2.05) is 20.8 Å². The summed E-state index contributed by atoms with van der Waals surface area (Å²) in [6.07, 6.45) is 4.43. The molecule has 0 atom stereocenters. The van der Waals surface area contributed by atoms with Gasteiger partial charge in [0.05, 0.1) is 7.11 Å². The van der Waals surface area contributed by atoms with Gasteiger partial charge in [0.15, 0.2) is 0 Å². The molecule has 1 aromatic heterocycles. The van der Waals surface area contributed by atoms with Gasteiger partial charge in [0.25, 0.3) is 0 Å². The number of aryl methyl sites for hydroxylation is 1. The molecule has 3 heteroatoms. The normalized spacial score (nSPS) is 7.57. The predicted molar refractivity (Wildman–Crippen MR) is 60.6 cm³/mol. The second kappa shape index (κ2) is 11.9. The van der Waals surface area contributed by atoms with Gasteiger partial charge in [0.1, 0.15) is 6.33 Å². The third-order valence-electron chi connectivity index (χ3n) is 1.04. The van der Waals surface area contributed by atoms with E-state index < -0.39 is 0 Å². The highest BCUT2D eigenvalue weighted by Gasteiger charge is 1.94. The molecule has 0 aliphatic carbocycles. The van der Waals surface area contributed by atoms with Crippen LogP contribution in [0.5, 0.6) is 5.88 Å². The number of ether oxygens (including phenoxy) is 1. The van der Waals surface area contributed by atoms with Crippen LogP contribution in [0.3, 0.4) is 0 Å². The van der Waals surface area contributed by atoms with Gasteiger partial charge in [-0.25, -0.2) is 9.97 Å². The summed E-state index contributed by atoms with van der Waals surface area (Å²) in [5.74, 6) is 0.644. The molecule has 0 aliphatic heterocycles. The second-order valence-electron chi connectivity index (χ2n) is 2.42. The maximum atomic E-state index is 4.89. The highest BCUT2D eigenvalue weighted by Crippen LogP contribution is 2.08. The van der Waals surface area contributed by atoms with E-state index in [1.54, 1.807) is 13.3 Å². The molecule has 82 valence electrons. The summed E-state index contributed by atoms with van der Waals surface area (Å²) in [6.45, 7) is 10.2. The lowest BCUT2D eigenvalue weighted by Gasteiger charge is -1.98. The monoisotopic (exact) mass is 198 g/mol. The van der Waals surface area contributed by atoms with Crippen LogP contribution < -0.4 is 4.74 Å². The summed E-state index contributed by atoms with van der Waals surface area (Å²) in [5.41, 5.74) is 0.958. The van der Waals surface area contributed by atoms with E-state index in [9.17, 15) is 0 Å². The molecule has 1 aromatic rings. The molecular weight excluding hydrogens is 176 g/mol. The van der Waals surface area contributed by atoms with Crippen molar-refractivity contribution < 1.29 is 4.74 Å². The van der Waals surface area contributed by atoms with Crippen LogP contribution in [-0.2, 0) is 0 Å². The van der Waals surface area contributed by atoms with E-state index in [-0.39, 0.29) is 0 Å². The standard InChI is InChI=1S/C6H8N2O.C3H8.C2H6/c1-5-3-7-4-8-6(5)9-2;1-3-2;1-2/h3-4H,1-2H3;3H2,1-2H3;1-2H3. The van der Waals surface area contributed by atoms with E-state index in [1.165, 1.54) is 12.7 Å². The Bertz CT molecular complexity index is 214. The third kappa shape index (κ3) is 7.53. The molecule has 3 nitrogen and oxygen atoms in total. The van der Waals surface area contributed by atoms with Crippen molar-refractivity contribution in [2.45, 2.75) is 41.0 Å². The van der Waals surface area contributed by atoms with Crippen LogP contribution in [-0.4, -0.2) is 17.1 Å². The lowest BCUT2D eigenvalue weighted by Crippen LogP contribution is -1.90. The molecule has 0 radical (unpaired) electrons. The summed E-state index contributed by atoms with van der Waals surface area (Å²) < 4.78 is 4.89. The average Bonchev–Trinajstić information content (AvgIpc) is 2.23. The van der Waals surface area contributed by atoms with Crippen LogP contribution in [0.4, 0.5) is 0 Å². The fourth-order valence-electron chi connectivity index (χ4n) is 0.602. The number of nitrogens with zero attached hydrogens (tertiary/aromatic N) is 2. The van der Waals surface area contributed by atoms with Crippen molar-refractivity contribution in [2.75, 3.05) is 7.11 Å². The van der Waals surface area contributed by atoms with Crippen molar-refractivity contribution in [1.29, 1.82) is 0 Å². The SMILES string of the molecule is CC.CCC.COc1ncncc1C. The van der Waals surface area contributed by atoms with Crippen LogP contribution in [0.25, 0.3) is 0 Å². The molecule has 1 rings (SSSR count). The molecular formula is C11H22N2O. The van der Waals surface area contributed by atoms with Crippen molar-refractivity contribution in [1.82, 2.24) is 9.97 Å². The van der Waals surface area contributed by atoms with Crippen LogP contribution in [0.2, 0.25) is 0 Å². The molecule has 0 unspecified atom stereocenters. The fraction of sp³-hybridized carbons (Fsp3) is 0.636. The molecule has 1 heterocycles. The maximum Gasteiger partial charge on any atom is 0.219 e. The summed E-state index contributed by atoms with van der Waals surface area (Å²) in [4.78, 5) is 7.67. The molecule has 0 saturated carbocycles. The third-order valence-corrected chi connectivity index (χ3v) is 1.04. The summed E-state index contributed by atoms with van der Waals surface area (Å²) in [7, 11) is 1.59. The lowest BCUT2D eigenvalue weighted by atomic mass is 10.4. The Morgan fingerprint density at radius 2 is 1.79 bits per heavy atom. The number of hydrogen-bond donors (Lipinski definition) is 0. The van der Waals surface area contributed by atoms with E-state index in [4.69, 9.17) is 4.74 Å². The van der Waals surface area contributed by atoms with Gasteiger partial charge < -0.3 is 4.74 Å². The quantitative estimate of drug-likeness (QED) is 0.695. The first-order valence-electron chi connectivity index (χ1n) is 5.06. The van der Waals surface area contributed by atoms with Crippen molar-refractivity contribution in [3.63, 3.8) is 0 Å². The summed E-state index contributed by atoms with van der Waals surface area (Å²) >= 11 is 0. The molecule has 0 bridgehead atoms. The lowest BCUT2D eigenvalue weighted by molar-refractivity contribution is 0.393. The Balaban J connectivity index is 0.